The molecule has 86 valence electrons. The Kier molecular flexibility index (Phi) is 4.19. The summed E-state index contributed by atoms with van der Waals surface area (Å²) in [5.41, 5.74) is 3.61. The molecule has 0 nitrogen and oxygen atoms in total. The lowest BCUT2D eigenvalue weighted by Gasteiger charge is -2.39. The molecule has 0 N–H and O–H groups in total. The first-order valence-electron chi connectivity index (χ1n) is 6.53. The van der Waals surface area contributed by atoms with Gasteiger partial charge in [-0.05, 0) is 37.0 Å². The fourth-order valence-corrected chi connectivity index (χ4v) is 2.96. The molecule has 2 atom stereocenters. The molecule has 0 saturated carbocycles. The minimum atomic E-state index is 0.403. The van der Waals surface area contributed by atoms with E-state index in [1.807, 2.05) is 0 Å². The van der Waals surface area contributed by atoms with E-state index in [2.05, 4.69) is 46.8 Å². The van der Waals surface area contributed by atoms with Gasteiger partial charge in [0.1, 0.15) is 0 Å². The van der Waals surface area contributed by atoms with E-state index >= 15 is 0 Å². The highest BCUT2D eigenvalue weighted by molar-refractivity contribution is 5.33. The molecule has 1 aliphatic rings. The van der Waals surface area contributed by atoms with Gasteiger partial charge in [-0.25, -0.2) is 0 Å². The summed E-state index contributed by atoms with van der Waals surface area (Å²) in [5, 5.41) is 0. The highest BCUT2D eigenvalue weighted by Gasteiger charge is 2.33. The normalized spacial score (nSPS) is 31.1. The van der Waals surface area contributed by atoms with Crippen molar-refractivity contribution in [2.75, 3.05) is 0 Å². The molecule has 0 aromatic carbocycles. The molecule has 1 aliphatic carbocycles. The zero-order valence-electron chi connectivity index (χ0n) is 11.1. The van der Waals surface area contributed by atoms with Crippen LogP contribution < -0.4 is 0 Å². The Bertz CT molecular complexity index is 270. The average molecular weight is 206 g/mol. The van der Waals surface area contributed by atoms with E-state index < -0.39 is 0 Å². The summed E-state index contributed by atoms with van der Waals surface area (Å²) in [6.45, 7) is 11.6. The van der Waals surface area contributed by atoms with Crippen molar-refractivity contribution in [2.45, 2.75) is 60.3 Å². The summed E-state index contributed by atoms with van der Waals surface area (Å²) in [4.78, 5) is 0. The Morgan fingerprint density at radius 3 is 2.20 bits per heavy atom. The molecule has 0 aromatic rings. The standard InChI is InChI=1S/C15H26/c1-6-12-10-13(7-2)14(8-3)15(5,9-4)11-12/h10-11,14H,6-9H2,1-5H3. The number of hydrogen-bond acceptors (Lipinski definition) is 0. The van der Waals surface area contributed by atoms with E-state index in [1.54, 1.807) is 11.1 Å². The van der Waals surface area contributed by atoms with Gasteiger partial charge in [-0.3, -0.25) is 0 Å². The molecule has 0 amide bonds. The molecule has 0 fully saturated rings. The maximum atomic E-state index is 2.53. The van der Waals surface area contributed by atoms with Crippen molar-refractivity contribution in [3.63, 3.8) is 0 Å². The van der Waals surface area contributed by atoms with Crippen LogP contribution >= 0.6 is 0 Å². The van der Waals surface area contributed by atoms with Gasteiger partial charge in [-0.2, -0.15) is 0 Å². The first-order valence-corrected chi connectivity index (χ1v) is 6.53. The Labute approximate surface area is 95.5 Å². The van der Waals surface area contributed by atoms with E-state index in [9.17, 15) is 0 Å². The van der Waals surface area contributed by atoms with Crippen molar-refractivity contribution in [2.24, 2.45) is 11.3 Å². The molecule has 0 saturated heterocycles. The van der Waals surface area contributed by atoms with Gasteiger partial charge >= 0.3 is 0 Å². The summed E-state index contributed by atoms with van der Waals surface area (Å²) >= 11 is 0. The fourth-order valence-electron chi connectivity index (χ4n) is 2.96. The summed E-state index contributed by atoms with van der Waals surface area (Å²) in [5.74, 6) is 0.766. The van der Waals surface area contributed by atoms with Crippen LogP contribution in [0.2, 0.25) is 0 Å². The van der Waals surface area contributed by atoms with Crippen molar-refractivity contribution in [1.29, 1.82) is 0 Å². The van der Waals surface area contributed by atoms with E-state index in [4.69, 9.17) is 0 Å². The zero-order chi connectivity index (χ0) is 11.5. The van der Waals surface area contributed by atoms with Crippen LogP contribution in [-0.2, 0) is 0 Å². The molecule has 15 heavy (non-hydrogen) atoms. The van der Waals surface area contributed by atoms with Gasteiger partial charge in [0.2, 0.25) is 0 Å². The number of rotatable bonds is 4. The summed E-state index contributed by atoms with van der Waals surface area (Å²) in [6, 6.07) is 0. The first kappa shape index (κ1) is 12.5. The maximum Gasteiger partial charge on any atom is -0.00779 e. The Balaban J connectivity index is 3.08. The highest BCUT2D eigenvalue weighted by Crippen LogP contribution is 2.45. The summed E-state index contributed by atoms with van der Waals surface area (Å²) in [7, 11) is 0. The SMILES string of the molecule is CCC1=CC(C)(CC)C(CC)C(CC)=C1. The molecule has 2 unspecified atom stereocenters. The largest absolute Gasteiger partial charge is 0.0748 e. The van der Waals surface area contributed by atoms with Crippen LogP contribution in [0.3, 0.4) is 0 Å². The molecule has 0 spiro atoms. The van der Waals surface area contributed by atoms with Crippen LogP contribution in [0.1, 0.15) is 60.3 Å². The van der Waals surface area contributed by atoms with Crippen molar-refractivity contribution in [3.05, 3.63) is 23.3 Å². The van der Waals surface area contributed by atoms with Crippen LogP contribution in [0.15, 0.2) is 23.3 Å². The lowest BCUT2D eigenvalue weighted by molar-refractivity contribution is 0.264. The minimum absolute atomic E-state index is 0.403. The quantitative estimate of drug-likeness (QED) is 0.599. The summed E-state index contributed by atoms with van der Waals surface area (Å²) in [6.07, 6.45) is 9.90. The predicted molar refractivity (Wildman–Crippen MR) is 68.9 cm³/mol. The zero-order valence-corrected chi connectivity index (χ0v) is 11.1. The van der Waals surface area contributed by atoms with Crippen LogP contribution in [0.5, 0.6) is 0 Å². The first-order chi connectivity index (χ1) is 7.11. The molecule has 0 aliphatic heterocycles. The van der Waals surface area contributed by atoms with E-state index in [-0.39, 0.29) is 0 Å². The monoisotopic (exact) mass is 206 g/mol. The molecule has 0 bridgehead atoms. The molecular formula is C15H26. The maximum absolute atomic E-state index is 2.53. The third-order valence-corrected chi connectivity index (χ3v) is 4.12. The molecule has 0 heterocycles. The third-order valence-electron chi connectivity index (χ3n) is 4.12. The van der Waals surface area contributed by atoms with Crippen LogP contribution in [0, 0.1) is 11.3 Å². The molecule has 0 radical (unpaired) electrons. The van der Waals surface area contributed by atoms with Gasteiger partial charge < -0.3 is 0 Å². The van der Waals surface area contributed by atoms with Gasteiger partial charge in [-0.1, -0.05) is 57.9 Å². The molecule has 0 heteroatoms. The van der Waals surface area contributed by atoms with Crippen molar-refractivity contribution >= 4 is 0 Å². The second kappa shape index (κ2) is 5.01. The Morgan fingerprint density at radius 2 is 1.80 bits per heavy atom. The second-order valence-corrected chi connectivity index (χ2v) is 4.97. The molecule has 0 aromatic heterocycles. The highest BCUT2D eigenvalue weighted by atomic mass is 14.4. The fraction of sp³-hybridized carbons (Fsp3) is 0.733. The molecule has 1 rings (SSSR count). The van der Waals surface area contributed by atoms with E-state index in [1.165, 1.54) is 25.7 Å². The average Bonchev–Trinajstić information content (AvgIpc) is 2.27. The smallest absolute Gasteiger partial charge is 0.00779 e. The third kappa shape index (κ3) is 2.35. The van der Waals surface area contributed by atoms with Gasteiger partial charge in [0, 0.05) is 0 Å². The predicted octanol–water partition coefficient (Wildman–Crippen LogP) is 5.12. The van der Waals surface area contributed by atoms with Crippen molar-refractivity contribution in [1.82, 2.24) is 0 Å². The van der Waals surface area contributed by atoms with Crippen LogP contribution in [-0.4, -0.2) is 0 Å². The molecular weight excluding hydrogens is 180 g/mol. The topological polar surface area (TPSA) is 0 Å². The lowest BCUT2D eigenvalue weighted by Crippen LogP contribution is -2.28. The van der Waals surface area contributed by atoms with Crippen molar-refractivity contribution in [3.8, 4) is 0 Å². The van der Waals surface area contributed by atoms with Crippen molar-refractivity contribution < 1.29 is 0 Å². The number of hydrogen-bond donors (Lipinski definition) is 0. The summed E-state index contributed by atoms with van der Waals surface area (Å²) < 4.78 is 0. The van der Waals surface area contributed by atoms with Crippen LogP contribution in [0.25, 0.3) is 0 Å². The number of allylic oxidation sites excluding steroid dienone is 4. The van der Waals surface area contributed by atoms with Gasteiger partial charge in [0.25, 0.3) is 0 Å². The Hall–Kier alpha value is -0.520. The minimum Gasteiger partial charge on any atom is -0.0748 e. The lowest BCUT2D eigenvalue weighted by atomic mass is 9.65. The Morgan fingerprint density at radius 1 is 1.13 bits per heavy atom. The van der Waals surface area contributed by atoms with Gasteiger partial charge in [0.15, 0.2) is 0 Å². The van der Waals surface area contributed by atoms with Gasteiger partial charge in [0.05, 0.1) is 0 Å². The van der Waals surface area contributed by atoms with E-state index in [0.717, 1.165) is 5.92 Å². The van der Waals surface area contributed by atoms with Crippen LogP contribution in [0.4, 0.5) is 0 Å². The van der Waals surface area contributed by atoms with E-state index in [0.29, 0.717) is 5.41 Å². The second-order valence-electron chi connectivity index (χ2n) is 4.97. The van der Waals surface area contributed by atoms with Gasteiger partial charge in [-0.15, -0.1) is 0 Å².